The fourth-order valence-corrected chi connectivity index (χ4v) is 1.63. The highest BCUT2D eigenvalue weighted by Gasteiger charge is 2.18. The molecule has 1 unspecified atom stereocenters. The van der Waals surface area contributed by atoms with Gasteiger partial charge in [-0.25, -0.2) is 0 Å². The predicted octanol–water partition coefficient (Wildman–Crippen LogP) is 2.29. The molecule has 1 aromatic heterocycles. The average Bonchev–Trinajstić information content (AvgIpc) is 2.55. The minimum absolute atomic E-state index is 0.00685. The fraction of sp³-hybridized carbons (Fsp3) is 0.636. The van der Waals surface area contributed by atoms with Crippen molar-refractivity contribution in [3.8, 4) is 0 Å². The zero-order chi connectivity index (χ0) is 12.3. The first-order chi connectivity index (χ1) is 7.43. The topological polar surface area (TPSA) is 46.9 Å². The number of halogens is 1. The molecular formula is C11H18BrN3O. The fourth-order valence-electron chi connectivity index (χ4n) is 1.36. The van der Waals surface area contributed by atoms with Crippen LogP contribution in [0.25, 0.3) is 0 Å². The maximum absolute atomic E-state index is 11.8. The SMILES string of the molecule is Cc1c(Br)cnn1C(C)C(=O)NCC(C)C. The number of carbonyl (C=O) groups is 1. The van der Waals surface area contributed by atoms with Crippen LogP contribution in [-0.2, 0) is 4.79 Å². The van der Waals surface area contributed by atoms with E-state index in [0.29, 0.717) is 12.5 Å². The van der Waals surface area contributed by atoms with Gasteiger partial charge in [-0.3, -0.25) is 9.48 Å². The lowest BCUT2D eigenvalue weighted by atomic mass is 10.2. The van der Waals surface area contributed by atoms with Crippen molar-refractivity contribution in [2.45, 2.75) is 33.7 Å². The largest absolute Gasteiger partial charge is 0.354 e. The van der Waals surface area contributed by atoms with Crippen molar-refractivity contribution in [3.05, 3.63) is 16.4 Å². The Labute approximate surface area is 105 Å². The summed E-state index contributed by atoms with van der Waals surface area (Å²) in [4.78, 5) is 11.8. The van der Waals surface area contributed by atoms with E-state index < -0.39 is 0 Å². The smallest absolute Gasteiger partial charge is 0.244 e. The number of aromatic nitrogens is 2. The zero-order valence-electron chi connectivity index (χ0n) is 10.1. The van der Waals surface area contributed by atoms with Crippen LogP contribution in [0.3, 0.4) is 0 Å². The second-order valence-electron chi connectivity index (χ2n) is 4.34. The lowest BCUT2D eigenvalue weighted by molar-refractivity contribution is -0.124. The van der Waals surface area contributed by atoms with E-state index in [0.717, 1.165) is 10.2 Å². The van der Waals surface area contributed by atoms with Gasteiger partial charge in [-0.05, 0) is 35.7 Å². The second kappa shape index (κ2) is 5.48. The van der Waals surface area contributed by atoms with Crippen molar-refractivity contribution >= 4 is 21.8 Å². The van der Waals surface area contributed by atoms with E-state index in [1.807, 2.05) is 13.8 Å². The quantitative estimate of drug-likeness (QED) is 0.924. The van der Waals surface area contributed by atoms with Gasteiger partial charge in [-0.1, -0.05) is 13.8 Å². The van der Waals surface area contributed by atoms with E-state index in [9.17, 15) is 4.79 Å². The summed E-state index contributed by atoms with van der Waals surface area (Å²) in [6, 6.07) is -0.273. The number of rotatable bonds is 4. The van der Waals surface area contributed by atoms with Gasteiger partial charge in [0.15, 0.2) is 0 Å². The Morgan fingerprint density at radius 1 is 1.56 bits per heavy atom. The van der Waals surface area contributed by atoms with Gasteiger partial charge in [0.2, 0.25) is 5.91 Å². The minimum Gasteiger partial charge on any atom is -0.354 e. The molecule has 0 radical (unpaired) electrons. The van der Waals surface area contributed by atoms with Gasteiger partial charge in [-0.15, -0.1) is 0 Å². The molecule has 0 spiro atoms. The molecule has 1 rings (SSSR count). The third-order valence-electron chi connectivity index (χ3n) is 2.42. The first-order valence-electron chi connectivity index (χ1n) is 5.40. The maximum Gasteiger partial charge on any atom is 0.244 e. The summed E-state index contributed by atoms with van der Waals surface area (Å²) in [6.45, 7) is 8.62. The van der Waals surface area contributed by atoms with E-state index in [4.69, 9.17) is 0 Å². The summed E-state index contributed by atoms with van der Waals surface area (Å²) >= 11 is 3.38. The summed E-state index contributed by atoms with van der Waals surface area (Å²) in [7, 11) is 0. The van der Waals surface area contributed by atoms with Gasteiger partial charge in [0.05, 0.1) is 16.4 Å². The molecule has 16 heavy (non-hydrogen) atoms. The van der Waals surface area contributed by atoms with E-state index in [2.05, 4.69) is 40.2 Å². The Hall–Kier alpha value is -0.840. The third kappa shape index (κ3) is 3.07. The lowest BCUT2D eigenvalue weighted by Crippen LogP contribution is -2.34. The molecule has 0 aliphatic heterocycles. The Kier molecular flexibility index (Phi) is 4.53. The molecule has 1 atom stereocenters. The molecule has 0 saturated carbocycles. The molecular weight excluding hydrogens is 270 g/mol. The summed E-state index contributed by atoms with van der Waals surface area (Å²) in [5.41, 5.74) is 0.965. The van der Waals surface area contributed by atoms with Crippen LogP contribution in [0.15, 0.2) is 10.7 Å². The van der Waals surface area contributed by atoms with Crippen LogP contribution in [0.2, 0.25) is 0 Å². The van der Waals surface area contributed by atoms with E-state index >= 15 is 0 Å². The molecule has 1 N–H and O–H groups in total. The van der Waals surface area contributed by atoms with E-state index in [1.165, 1.54) is 0 Å². The van der Waals surface area contributed by atoms with Gasteiger partial charge < -0.3 is 5.32 Å². The van der Waals surface area contributed by atoms with Crippen molar-refractivity contribution in [1.82, 2.24) is 15.1 Å². The molecule has 0 aliphatic carbocycles. The second-order valence-corrected chi connectivity index (χ2v) is 5.19. The van der Waals surface area contributed by atoms with Crippen LogP contribution < -0.4 is 5.32 Å². The Morgan fingerprint density at radius 2 is 2.19 bits per heavy atom. The van der Waals surface area contributed by atoms with Crippen molar-refractivity contribution in [2.24, 2.45) is 5.92 Å². The number of carbonyl (C=O) groups excluding carboxylic acids is 1. The van der Waals surface area contributed by atoms with E-state index in [-0.39, 0.29) is 11.9 Å². The summed E-state index contributed by atoms with van der Waals surface area (Å²) in [5.74, 6) is 0.467. The molecule has 0 saturated heterocycles. The first kappa shape index (κ1) is 13.2. The summed E-state index contributed by atoms with van der Waals surface area (Å²) in [5, 5.41) is 7.07. The Balaban J connectivity index is 2.67. The van der Waals surface area contributed by atoms with Crippen molar-refractivity contribution < 1.29 is 4.79 Å². The molecule has 0 aromatic carbocycles. The van der Waals surface area contributed by atoms with Crippen LogP contribution in [0.4, 0.5) is 0 Å². The third-order valence-corrected chi connectivity index (χ3v) is 3.19. The lowest BCUT2D eigenvalue weighted by Gasteiger charge is -2.15. The molecule has 4 nitrogen and oxygen atoms in total. The van der Waals surface area contributed by atoms with Crippen LogP contribution in [-0.4, -0.2) is 22.2 Å². The van der Waals surface area contributed by atoms with Gasteiger partial charge in [-0.2, -0.15) is 5.10 Å². The van der Waals surface area contributed by atoms with Gasteiger partial charge in [0.25, 0.3) is 0 Å². The standard InChI is InChI=1S/C11H18BrN3O/c1-7(2)5-13-11(16)9(4)15-8(3)10(12)6-14-15/h6-7,9H,5H2,1-4H3,(H,13,16). The van der Waals surface area contributed by atoms with Crippen molar-refractivity contribution in [2.75, 3.05) is 6.54 Å². The highest BCUT2D eigenvalue weighted by atomic mass is 79.9. The summed E-state index contributed by atoms with van der Waals surface area (Å²) < 4.78 is 2.65. The molecule has 1 heterocycles. The highest BCUT2D eigenvalue weighted by molar-refractivity contribution is 9.10. The number of hydrogen-bond acceptors (Lipinski definition) is 2. The number of nitrogens with one attached hydrogen (secondary N) is 1. The van der Waals surface area contributed by atoms with Crippen LogP contribution in [0.5, 0.6) is 0 Å². The number of hydrogen-bond donors (Lipinski definition) is 1. The van der Waals surface area contributed by atoms with Gasteiger partial charge in [0.1, 0.15) is 6.04 Å². The van der Waals surface area contributed by atoms with E-state index in [1.54, 1.807) is 10.9 Å². The normalized spacial score (nSPS) is 12.9. The minimum atomic E-state index is -0.273. The molecule has 0 fully saturated rings. The summed E-state index contributed by atoms with van der Waals surface area (Å²) in [6.07, 6.45) is 1.71. The molecule has 1 amide bonds. The van der Waals surface area contributed by atoms with Crippen LogP contribution in [0, 0.1) is 12.8 Å². The van der Waals surface area contributed by atoms with Crippen molar-refractivity contribution in [3.63, 3.8) is 0 Å². The molecule has 0 aliphatic rings. The van der Waals surface area contributed by atoms with Crippen LogP contribution >= 0.6 is 15.9 Å². The maximum atomic E-state index is 11.8. The highest BCUT2D eigenvalue weighted by Crippen LogP contribution is 2.18. The number of amides is 1. The Morgan fingerprint density at radius 3 is 2.62 bits per heavy atom. The number of nitrogens with zero attached hydrogens (tertiary/aromatic N) is 2. The predicted molar refractivity (Wildman–Crippen MR) is 67.2 cm³/mol. The first-order valence-corrected chi connectivity index (χ1v) is 6.20. The average molecular weight is 288 g/mol. The molecule has 5 heteroatoms. The van der Waals surface area contributed by atoms with Gasteiger partial charge >= 0.3 is 0 Å². The van der Waals surface area contributed by atoms with Crippen molar-refractivity contribution in [1.29, 1.82) is 0 Å². The zero-order valence-corrected chi connectivity index (χ0v) is 11.7. The molecule has 1 aromatic rings. The van der Waals surface area contributed by atoms with Gasteiger partial charge in [0, 0.05) is 6.54 Å². The Bertz CT molecular complexity index is 373. The van der Waals surface area contributed by atoms with Crippen LogP contribution in [0.1, 0.15) is 32.5 Å². The molecule has 90 valence electrons. The monoisotopic (exact) mass is 287 g/mol. The molecule has 0 bridgehead atoms.